The van der Waals surface area contributed by atoms with Gasteiger partial charge in [-0.15, -0.1) is 0 Å². The Morgan fingerprint density at radius 2 is 1.85 bits per heavy atom. The van der Waals surface area contributed by atoms with Crippen molar-refractivity contribution in [3.63, 3.8) is 0 Å². The maximum atomic E-state index is 7.80. The second-order valence-corrected chi connectivity index (χ2v) is 4.67. The van der Waals surface area contributed by atoms with Crippen LogP contribution in [0.2, 0.25) is 0 Å². The maximum absolute atomic E-state index is 7.80. The lowest BCUT2D eigenvalue weighted by atomic mass is 9.94. The quantitative estimate of drug-likeness (QED) is 0.301. The van der Waals surface area contributed by atoms with E-state index in [-0.39, 0.29) is 5.41 Å². The smallest absolute Gasteiger partial charge is 0.124 e. The van der Waals surface area contributed by atoms with Crippen LogP contribution in [0.5, 0.6) is 0 Å². The highest BCUT2D eigenvalue weighted by molar-refractivity contribution is 5.83. The predicted octanol–water partition coefficient (Wildman–Crippen LogP) is 2.91. The summed E-state index contributed by atoms with van der Waals surface area (Å²) in [6.07, 6.45) is 0. The number of nitrogens with zero attached hydrogens (tertiary/aromatic N) is 2. The van der Waals surface area contributed by atoms with Crippen molar-refractivity contribution in [2.24, 2.45) is 16.6 Å². The van der Waals surface area contributed by atoms with E-state index >= 15 is 0 Å². The van der Waals surface area contributed by atoms with Crippen molar-refractivity contribution in [2.45, 2.75) is 34.6 Å². The normalized spacial score (nSPS) is 11.5. The molecule has 13 heavy (non-hydrogen) atoms. The second kappa shape index (κ2) is 4.35. The lowest BCUT2D eigenvalue weighted by Crippen LogP contribution is -2.37. The molecule has 0 saturated carbocycles. The Kier molecular flexibility index (Phi) is 4.04. The third-order valence-electron chi connectivity index (χ3n) is 1.63. The first-order valence-corrected chi connectivity index (χ1v) is 4.53. The summed E-state index contributed by atoms with van der Waals surface area (Å²) in [5.41, 5.74) is 6.74. The van der Waals surface area contributed by atoms with Gasteiger partial charge < -0.3 is 0 Å². The first-order chi connectivity index (χ1) is 5.79. The van der Waals surface area contributed by atoms with E-state index in [1.165, 1.54) is 5.01 Å². The van der Waals surface area contributed by atoms with Crippen molar-refractivity contribution in [2.75, 3.05) is 6.54 Å². The second-order valence-electron chi connectivity index (χ2n) is 4.67. The van der Waals surface area contributed by atoms with Gasteiger partial charge in [0.05, 0.1) is 0 Å². The van der Waals surface area contributed by atoms with Crippen LogP contribution in [0.3, 0.4) is 0 Å². The van der Waals surface area contributed by atoms with Gasteiger partial charge in [-0.25, -0.2) is 5.01 Å². The van der Waals surface area contributed by atoms with Crippen LogP contribution in [-0.4, -0.2) is 17.4 Å². The Morgan fingerprint density at radius 1 is 1.38 bits per heavy atom. The van der Waals surface area contributed by atoms with Gasteiger partial charge in [0.1, 0.15) is 5.84 Å². The molecule has 0 aromatic carbocycles. The molecular formula is C9H20N4. The first kappa shape index (κ1) is 12.1. The first-order valence-electron chi connectivity index (χ1n) is 4.53. The SMILES string of the molecule is CC(C)CN(N=N)C(=N)C(C)(C)C. The number of hydrogen-bond donors (Lipinski definition) is 2. The summed E-state index contributed by atoms with van der Waals surface area (Å²) in [6, 6.07) is 0. The Hall–Kier alpha value is -0.930. The van der Waals surface area contributed by atoms with Gasteiger partial charge in [0.15, 0.2) is 0 Å². The average molecular weight is 184 g/mol. The van der Waals surface area contributed by atoms with Crippen molar-refractivity contribution >= 4 is 5.84 Å². The zero-order valence-electron chi connectivity index (χ0n) is 9.18. The van der Waals surface area contributed by atoms with Crippen molar-refractivity contribution in [1.29, 1.82) is 10.9 Å². The van der Waals surface area contributed by atoms with Gasteiger partial charge in [-0.05, 0) is 5.92 Å². The van der Waals surface area contributed by atoms with E-state index in [2.05, 4.69) is 5.22 Å². The predicted molar refractivity (Wildman–Crippen MR) is 53.9 cm³/mol. The standard InChI is InChI=1S/C9H20N4/c1-7(2)6-13(12-11)8(10)9(3,4)5/h7,10-11H,6H2,1-5H3. The van der Waals surface area contributed by atoms with Crippen LogP contribution in [0.4, 0.5) is 0 Å². The van der Waals surface area contributed by atoms with Gasteiger partial charge in [0.2, 0.25) is 0 Å². The van der Waals surface area contributed by atoms with Crippen LogP contribution in [0.15, 0.2) is 5.22 Å². The number of hydrogen-bond acceptors (Lipinski definition) is 3. The van der Waals surface area contributed by atoms with Crippen LogP contribution in [0, 0.1) is 22.3 Å². The molecule has 0 heterocycles. The zero-order valence-corrected chi connectivity index (χ0v) is 9.18. The Morgan fingerprint density at radius 3 is 2.08 bits per heavy atom. The Labute approximate surface area is 80.3 Å². The molecule has 0 aliphatic rings. The fourth-order valence-electron chi connectivity index (χ4n) is 0.915. The van der Waals surface area contributed by atoms with Crippen LogP contribution in [0.1, 0.15) is 34.6 Å². The lowest BCUT2D eigenvalue weighted by Gasteiger charge is -2.28. The summed E-state index contributed by atoms with van der Waals surface area (Å²) < 4.78 is 0. The highest BCUT2D eigenvalue weighted by atomic mass is 15.5. The van der Waals surface area contributed by atoms with Gasteiger partial charge in [0, 0.05) is 12.0 Å². The molecule has 0 rings (SSSR count). The molecular weight excluding hydrogens is 164 g/mol. The largest absolute Gasteiger partial charge is 0.286 e. The number of amidine groups is 1. The van der Waals surface area contributed by atoms with Crippen molar-refractivity contribution in [3.8, 4) is 0 Å². The molecule has 0 aliphatic heterocycles. The van der Waals surface area contributed by atoms with Gasteiger partial charge in [-0.2, -0.15) is 5.53 Å². The van der Waals surface area contributed by atoms with Gasteiger partial charge in [-0.3, -0.25) is 5.41 Å². The molecule has 2 N–H and O–H groups in total. The van der Waals surface area contributed by atoms with E-state index in [0.717, 1.165) is 0 Å². The summed E-state index contributed by atoms with van der Waals surface area (Å²) in [7, 11) is 0. The summed E-state index contributed by atoms with van der Waals surface area (Å²) in [5, 5.41) is 12.6. The monoisotopic (exact) mass is 184 g/mol. The molecule has 0 saturated heterocycles. The van der Waals surface area contributed by atoms with Crippen molar-refractivity contribution in [1.82, 2.24) is 5.01 Å². The molecule has 0 aromatic rings. The minimum Gasteiger partial charge on any atom is -0.286 e. The number of rotatable bonds is 3. The van der Waals surface area contributed by atoms with Gasteiger partial charge >= 0.3 is 0 Å². The van der Waals surface area contributed by atoms with Crippen LogP contribution in [0.25, 0.3) is 0 Å². The van der Waals surface area contributed by atoms with Crippen LogP contribution < -0.4 is 0 Å². The summed E-state index contributed by atoms with van der Waals surface area (Å²) >= 11 is 0. The zero-order chi connectivity index (χ0) is 10.6. The van der Waals surface area contributed by atoms with Crippen LogP contribution in [-0.2, 0) is 0 Å². The molecule has 0 amide bonds. The van der Waals surface area contributed by atoms with Crippen molar-refractivity contribution < 1.29 is 0 Å². The highest BCUT2D eigenvalue weighted by Gasteiger charge is 2.23. The van der Waals surface area contributed by atoms with E-state index < -0.39 is 0 Å². The maximum Gasteiger partial charge on any atom is 0.124 e. The minimum absolute atomic E-state index is 0.237. The molecule has 0 fully saturated rings. The minimum atomic E-state index is -0.237. The molecule has 0 bridgehead atoms. The fraction of sp³-hybridized carbons (Fsp3) is 0.889. The van der Waals surface area contributed by atoms with E-state index in [1.807, 2.05) is 34.6 Å². The lowest BCUT2D eigenvalue weighted by molar-refractivity contribution is 0.317. The van der Waals surface area contributed by atoms with E-state index in [9.17, 15) is 0 Å². The molecule has 0 atom stereocenters. The molecule has 0 aromatic heterocycles. The van der Waals surface area contributed by atoms with Gasteiger partial charge in [0.25, 0.3) is 0 Å². The topological polar surface area (TPSA) is 63.3 Å². The third kappa shape index (κ3) is 4.01. The molecule has 0 aliphatic carbocycles. The third-order valence-corrected chi connectivity index (χ3v) is 1.63. The van der Waals surface area contributed by atoms with E-state index in [4.69, 9.17) is 10.9 Å². The summed E-state index contributed by atoms with van der Waals surface area (Å²) in [4.78, 5) is 0. The van der Waals surface area contributed by atoms with E-state index in [0.29, 0.717) is 18.3 Å². The summed E-state index contributed by atoms with van der Waals surface area (Å²) in [6.45, 7) is 10.6. The molecule has 76 valence electrons. The highest BCUT2D eigenvalue weighted by Crippen LogP contribution is 2.18. The molecule has 0 unspecified atom stereocenters. The van der Waals surface area contributed by atoms with E-state index in [1.54, 1.807) is 0 Å². The average Bonchev–Trinajstić information content (AvgIpc) is 1.96. The Balaban J connectivity index is 4.42. The Bertz CT molecular complexity index is 190. The molecule has 4 nitrogen and oxygen atoms in total. The number of nitrogens with one attached hydrogen (secondary N) is 2. The van der Waals surface area contributed by atoms with Gasteiger partial charge in [-0.1, -0.05) is 39.8 Å². The fourth-order valence-corrected chi connectivity index (χ4v) is 0.915. The molecule has 0 radical (unpaired) electrons. The molecule has 4 heteroatoms. The molecule has 0 spiro atoms. The summed E-state index contributed by atoms with van der Waals surface area (Å²) in [5.74, 6) is 0.813. The van der Waals surface area contributed by atoms with Crippen LogP contribution >= 0.6 is 0 Å². The van der Waals surface area contributed by atoms with Crippen molar-refractivity contribution in [3.05, 3.63) is 0 Å².